The van der Waals surface area contributed by atoms with Crippen LogP contribution in [0.15, 0.2) is 0 Å². The molecule has 1 N–H and O–H groups in total. The molecule has 1 rings (SSSR count). The number of carboxylic acids is 1. The summed E-state index contributed by atoms with van der Waals surface area (Å²) in [5, 5.41) is 9.01. The van der Waals surface area contributed by atoms with Crippen molar-refractivity contribution in [3.05, 3.63) is 0 Å². The maximum absolute atomic E-state index is 12.5. The quantitative estimate of drug-likeness (QED) is 0.864. The van der Waals surface area contributed by atoms with Gasteiger partial charge in [-0.15, -0.1) is 0 Å². The molecule has 1 fully saturated rings. The summed E-state index contributed by atoms with van der Waals surface area (Å²) < 4.78 is 42.6. The lowest BCUT2D eigenvalue weighted by Gasteiger charge is -2.35. The molecule has 1 aliphatic heterocycles. The van der Waals surface area contributed by atoms with Crippen molar-refractivity contribution in [1.29, 1.82) is 0 Å². The number of nitrogens with zero attached hydrogens (tertiary/aromatic N) is 1. The highest BCUT2D eigenvalue weighted by molar-refractivity contribution is 5.71. The van der Waals surface area contributed by atoms with E-state index >= 15 is 0 Å². The first-order valence-electron chi connectivity index (χ1n) is 7.16. The van der Waals surface area contributed by atoms with Gasteiger partial charge >= 0.3 is 18.2 Å². The predicted octanol–water partition coefficient (Wildman–Crippen LogP) is 3.29. The smallest absolute Gasteiger partial charge is 0.410 e. The highest BCUT2D eigenvalue weighted by Gasteiger charge is 2.41. The third-order valence-electron chi connectivity index (χ3n) is 3.53. The summed E-state index contributed by atoms with van der Waals surface area (Å²) in [6, 6.07) is 0. The van der Waals surface area contributed by atoms with Gasteiger partial charge < -0.3 is 14.7 Å². The van der Waals surface area contributed by atoms with E-state index in [0.29, 0.717) is 0 Å². The van der Waals surface area contributed by atoms with Crippen molar-refractivity contribution in [3.63, 3.8) is 0 Å². The molecule has 1 amide bonds. The molecular formula is C14H22F3NO4. The number of likely N-dealkylation sites (tertiary alicyclic amines) is 1. The number of aliphatic carboxylic acids is 1. The SMILES string of the molecule is CC(C)(C)OC(=O)N1CCC(C(CC(F)(F)F)C(=O)O)CC1. The predicted molar refractivity (Wildman–Crippen MR) is 72.3 cm³/mol. The van der Waals surface area contributed by atoms with Crippen LogP contribution in [-0.4, -0.2) is 46.9 Å². The first-order chi connectivity index (χ1) is 9.89. The van der Waals surface area contributed by atoms with Gasteiger partial charge in [0, 0.05) is 13.1 Å². The molecule has 1 unspecified atom stereocenters. The van der Waals surface area contributed by atoms with E-state index in [0.717, 1.165) is 0 Å². The third-order valence-corrected chi connectivity index (χ3v) is 3.53. The zero-order valence-electron chi connectivity index (χ0n) is 12.9. The number of carbonyl (C=O) groups is 2. The van der Waals surface area contributed by atoms with E-state index in [1.54, 1.807) is 20.8 Å². The molecule has 8 heteroatoms. The van der Waals surface area contributed by atoms with E-state index in [1.807, 2.05) is 0 Å². The second-order valence-electron chi connectivity index (χ2n) is 6.57. The Hall–Kier alpha value is -1.47. The minimum atomic E-state index is -4.51. The van der Waals surface area contributed by atoms with Crippen molar-refractivity contribution >= 4 is 12.1 Å². The number of alkyl halides is 3. The number of hydrogen-bond donors (Lipinski definition) is 1. The van der Waals surface area contributed by atoms with Crippen LogP contribution in [0.4, 0.5) is 18.0 Å². The van der Waals surface area contributed by atoms with Crippen molar-refractivity contribution in [2.24, 2.45) is 11.8 Å². The van der Waals surface area contributed by atoms with Gasteiger partial charge in [-0.3, -0.25) is 4.79 Å². The summed E-state index contributed by atoms with van der Waals surface area (Å²) in [4.78, 5) is 24.3. The largest absolute Gasteiger partial charge is 0.481 e. The molecule has 0 spiro atoms. The summed E-state index contributed by atoms with van der Waals surface area (Å²) in [6.07, 6.45) is -5.91. The molecule has 0 radical (unpaired) electrons. The molecule has 0 aliphatic carbocycles. The van der Waals surface area contributed by atoms with E-state index < -0.39 is 42.1 Å². The average molecular weight is 325 g/mol. The van der Waals surface area contributed by atoms with Gasteiger partial charge in [0.25, 0.3) is 0 Å². The average Bonchev–Trinajstić information content (AvgIpc) is 2.33. The molecule has 1 heterocycles. The minimum Gasteiger partial charge on any atom is -0.481 e. The standard InChI is InChI=1S/C14H22F3NO4/c1-13(2,3)22-12(21)18-6-4-9(5-7-18)10(11(19)20)8-14(15,16)17/h9-10H,4-8H2,1-3H3,(H,19,20). The molecule has 0 saturated carbocycles. The maximum atomic E-state index is 12.5. The van der Waals surface area contributed by atoms with Crippen molar-refractivity contribution in [3.8, 4) is 0 Å². The van der Waals surface area contributed by atoms with Gasteiger partial charge in [0.1, 0.15) is 5.60 Å². The van der Waals surface area contributed by atoms with E-state index in [-0.39, 0.29) is 25.9 Å². The van der Waals surface area contributed by atoms with E-state index in [4.69, 9.17) is 9.84 Å². The highest BCUT2D eigenvalue weighted by atomic mass is 19.4. The summed E-state index contributed by atoms with van der Waals surface area (Å²) in [6.45, 7) is 5.59. The third kappa shape index (κ3) is 6.11. The van der Waals surface area contributed by atoms with Gasteiger partial charge in [0.05, 0.1) is 12.3 Å². The van der Waals surface area contributed by atoms with Gasteiger partial charge in [-0.05, 0) is 39.5 Å². The Morgan fingerprint density at radius 3 is 2.09 bits per heavy atom. The lowest BCUT2D eigenvalue weighted by atomic mass is 9.82. The van der Waals surface area contributed by atoms with Gasteiger partial charge in [0.15, 0.2) is 0 Å². The number of rotatable bonds is 3. The fourth-order valence-electron chi connectivity index (χ4n) is 2.52. The van der Waals surface area contributed by atoms with Crippen LogP contribution in [0.3, 0.4) is 0 Å². The van der Waals surface area contributed by atoms with Gasteiger partial charge in [-0.1, -0.05) is 0 Å². The Bertz CT molecular complexity index is 409. The lowest BCUT2D eigenvalue weighted by molar-refractivity contribution is -0.169. The summed E-state index contributed by atoms with van der Waals surface area (Å²) in [7, 11) is 0. The molecule has 1 aliphatic rings. The minimum absolute atomic E-state index is 0.210. The molecule has 0 aromatic heterocycles. The number of hydrogen-bond acceptors (Lipinski definition) is 3. The van der Waals surface area contributed by atoms with Crippen LogP contribution >= 0.6 is 0 Å². The van der Waals surface area contributed by atoms with Crippen molar-refractivity contribution in [1.82, 2.24) is 4.90 Å². The van der Waals surface area contributed by atoms with Crippen LogP contribution in [0, 0.1) is 11.8 Å². The Morgan fingerprint density at radius 2 is 1.73 bits per heavy atom. The van der Waals surface area contributed by atoms with Crippen LogP contribution in [0.2, 0.25) is 0 Å². The summed E-state index contributed by atoms with van der Waals surface area (Å²) >= 11 is 0. The fraction of sp³-hybridized carbons (Fsp3) is 0.857. The molecule has 0 aromatic carbocycles. The molecule has 0 aromatic rings. The topological polar surface area (TPSA) is 66.8 Å². The van der Waals surface area contributed by atoms with Gasteiger partial charge in [0.2, 0.25) is 0 Å². The maximum Gasteiger partial charge on any atom is 0.410 e. The van der Waals surface area contributed by atoms with Crippen LogP contribution in [0.25, 0.3) is 0 Å². The lowest BCUT2D eigenvalue weighted by Crippen LogP contribution is -2.44. The second kappa shape index (κ2) is 6.75. The molecule has 1 saturated heterocycles. The first-order valence-corrected chi connectivity index (χ1v) is 7.16. The zero-order chi connectivity index (χ0) is 17.1. The molecule has 1 atom stereocenters. The number of carboxylic acid groups (broad SMARTS) is 1. The Labute approximate surface area is 127 Å². The van der Waals surface area contributed by atoms with E-state index in [1.165, 1.54) is 4.90 Å². The van der Waals surface area contributed by atoms with Crippen LogP contribution < -0.4 is 0 Å². The van der Waals surface area contributed by atoms with Crippen molar-refractivity contribution in [2.75, 3.05) is 13.1 Å². The monoisotopic (exact) mass is 325 g/mol. The van der Waals surface area contributed by atoms with Crippen molar-refractivity contribution < 1.29 is 32.6 Å². The second-order valence-corrected chi connectivity index (χ2v) is 6.57. The first kappa shape index (κ1) is 18.6. The Kier molecular flexibility index (Phi) is 5.70. The van der Waals surface area contributed by atoms with Gasteiger partial charge in [-0.2, -0.15) is 13.2 Å². The molecule has 0 bridgehead atoms. The number of carbonyl (C=O) groups excluding carboxylic acids is 1. The molecule has 22 heavy (non-hydrogen) atoms. The number of amides is 1. The molecular weight excluding hydrogens is 303 g/mol. The normalized spacial score (nSPS) is 18.9. The molecule has 5 nitrogen and oxygen atoms in total. The number of ether oxygens (including phenoxy) is 1. The highest BCUT2D eigenvalue weighted by Crippen LogP contribution is 2.34. The zero-order valence-corrected chi connectivity index (χ0v) is 12.9. The van der Waals surface area contributed by atoms with Crippen LogP contribution in [0.1, 0.15) is 40.0 Å². The summed E-state index contributed by atoms with van der Waals surface area (Å²) in [5.41, 5.74) is -0.645. The number of piperidine rings is 1. The Morgan fingerprint density at radius 1 is 1.23 bits per heavy atom. The Balaban J connectivity index is 2.59. The van der Waals surface area contributed by atoms with E-state index in [9.17, 15) is 22.8 Å². The summed E-state index contributed by atoms with van der Waals surface area (Å²) in [5.74, 6) is -3.48. The van der Waals surface area contributed by atoms with Crippen LogP contribution in [0.5, 0.6) is 0 Å². The van der Waals surface area contributed by atoms with Crippen LogP contribution in [-0.2, 0) is 9.53 Å². The molecule has 128 valence electrons. The van der Waals surface area contributed by atoms with Crippen molar-refractivity contribution in [2.45, 2.75) is 51.8 Å². The number of halogens is 3. The van der Waals surface area contributed by atoms with E-state index in [2.05, 4.69) is 0 Å². The van der Waals surface area contributed by atoms with Gasteiger partial charge in [-0.25, -0.2) is 4.79 Å². The fourth-order valence-corrected chi connectivity index (χ4v) is 2.52.